The van der Waals surface area contributed by atoms with Crippen LogP contribution in [-0.2, 0) is 15.8 Å². The summed E-state index contributed by atoms with van der Waals surface area (Å²) in [6, 6.07) is 8.16. The summed E-state index contributed by atoms with van der Waals surface area (Å²) >= 11 is 0. The highest BCUT2D eigenvalue weighted by molar-refractivity contribution is 6.74. The lowest BCUT2D eigenvalue weighted by Crippen LogP contribution is -2.40. The number of aromatic nitrogens is 3. The highest BCUT2D eigenvalue weighted by Crippen LogP contribution is 2.38. The third-order valence-corrected chi connectivity index (χ3v) is 12.1. The molecule has 1 aliphatic heterocycles. The Balaban J connectivity index is 1.49. The topological polar surface area (TPSA) is 81.0 Å². The van der Waals surface area contributed by atoms with Crippen molar-refractivity contribution in [3.63, 3.8) is 0 Å². The molecule has 0 unspecified atom stereocenters. The molecular formula is C27H37N5O3Si. The van der Waals surface area contributed by atoms with E-state index in [9.17, 15) is 4.79 Å². The number of hydrogen-bond donors (Lipinski definition) is 1. The molecule has 1 aromatic carbocycles. The molecule has 1 aliphatic carbocycles. The highest BCUT2D eigenvalue weighted by atomic mass is 28.4. The number of fused-ring (bicyclic) bond motifs is 4. The van der Waals surface area contributed by atoms with E-state index >= 15 is 0 Å². The number of carbonyl (C=O) groups excluding carboxylic acids is 1. The normalized spacial score (nSPS) is 17.0. The molecule has 4 bridgehead atoms. The fraction of sp³-hybridized carbons (Fsp3) is 0.519. The van der Waals surface area contributed by atoms with Crippen LogP contribution in [0.5, 0.6) is 5.75 Å². The Kier molecular flexibility index (Phi) is 6.55. The number of ether oxygens (including phenoxy) is 1. The van der Waals surface area contributed by atoms with Crippen molar-refractivity contribution in [2.45, 2.75) is 58.4 Å². The molecule has 1 saturated carbocycles. The number of hydrogen-bond acceptors (Lipinski definition) is 6. The molecule has 8 nitrogen and oxygen atoms in total. The molecular weight excluding hydrogens is 470 g/mol. The Morgan fingerprint density at radius 3 is 2.78 bits per heavy atom. The second-order valence-electron chi connectivity index (χ2n) is 11.4. The van der Waals surface area contributed by atoms with Crippen LogP contribution in [0.15, 0.2) is 36.7 Å². The van der Waals surface area contributed by atoms with Gasteiger partial charge in [0.2, 0.25) is 5.91 Å². The van der Waals surface area contributed by atoms with Gasteiger partial charge < -0.3 is 19.4 Å². The van der Waals surface area contributed by atoms with Crippen molar-refractivity contribution < 1.29 is 14.0 Å². The summed E-state index contributed by atoms with van der Waals surface area (Å²) in [4.78, 5) is 19.6. The van der Waals surface area contributed by atoms with E-state index in [0.717, 1.165) is 46.7 Å². The second-order valence-corrected chi connectivity index (χ2v) is 16.2. The maximum absolute atomic E-state index is 12.9. The summed E-state index contributed by atoms with van der Waals surface area (Å²) in [7, 11) is -1.92. The molecule has 2 aromatic heterocycles. The van der Waals surface area contributed by atoms with E-state index < -0.39 is 8.32 Å². The van der Waals surface area contributed by atoms with Crippen molar-refractivity contribution >= 4 is 25.7 Å². The van der Waals surface area contributed by atoms with Crippen molar-refractivity contribution in [2.24, 2.45) is 5.92 Å². The summed E-state index contributed by atoms with van der Waals surface area (Å²) in [5.41, 5.74) is 3.76. The molecule has 1 amide bonds. The monoisotopic (exact) mass is 507 g/mol. The zero-order chi connectivity index (χ0) is 25.5. The molecule has 0 spiro atoms. The number of nitrogens with zero attached hydrogens (tertiary/aromatic N) is 4. The summed E-state index contributed by atoms with van der Waals surface area (Å²) in [5, 5.41) is 8.04. The number of anilines is 1. The Morgan fingerprint density at radius 2 is 2.03 bits per heavy atom. The average molecular weight is 508 g/mol. The van der Waals surface area contributed by atoms with Crippen molar-refractivity contribution in [2.75, 3.05) is 31.6 Å². The third-order valence-electron chi connectivity index (χ3n) is 7.61. The second kappa shape index (κ2) is 9.52. The van der Waals surface area contributed by atoms with Crippen LogP contribution in [0.3, 0.4) is 0 Å². The van der Waals surface area contributed by atoms with Gasteiger partial charge >= 0.3 is 0 Å². The highest BCUT2D eigenvalue weighted by Gasteiger charge is 2.37. The molecule has 0 saturated heterocycles. The van der Waals surface area contributed by atoms with Gasteiger partial charge in [-0.15, -0.1) is 0 Å². The minimum atomic E-state index is -1.92. The minimum absolute atomic E-state index is 0.130. The number of benzene rings is 1. The largest absolute Gasteiger partial charge is 0.492 e. The van der Waals surface area contributed by atoms with Crippen molar-refractivity contribution in [3.8, 4) is 16.9 Å². The van der Waals surface area contributed by atoms with Crippen LogP contribution in [0.1, 0.15) is 39.2 Å². The van der Waals surface area contributed by atoms with Gasteiger partial charge in [-0.05, 0) is 66.4 Å². The molecule has 36 heavy (non-hydrogen) atoms. The van der Waals surface area contributed by atoms with E-state index in [0.29, 0.717) is 32.8 Å². The molecule has 3 aromatic rings. The number of amides is 1. The molecule has 2 aliphatic rings. The maximum atomic E-state index is 12.9. The number of nitrogens with one attached hydrogen (secondary N) is 1. The van der Waals surface area contributed by atoms with Gasteiger partial charge in [-0.25, -0.2) is 9.50 Å². The van der Waals surface area contributed by atoms with Crippen LogP contribution in [0, 0.1) is 5.92 Å². The zero-order valence-electron chi connectivity index (χ0n) is 22.0. The summed E-state index contributed by atoms with van der Waals surface area (Å²) in [6.45, 7) is 14.0. The minimum Gasteiger partial charge on any atom is -0.492 e. The molecule has 1 fully saturated rings. The Hall–Kier alpha value is -2.91. The van der Waals surface area contributed by atoms with Gasteiger partial charge in [0, 0.05) is 30.8 Å². The van der Waals surface area contributed by atoms with Crippen LogP contribution < -0.4 is 10.1 Å². The molecule has 3 heterocycles. The van der Waals surface area contributed by atoms with Gasteiger partial charge in [-0.1, -0.05) is 20.8 Å². The lowest BCUT2D eigenvalue weighted by molar-refractivity contribution is -0.132. The van der Waals surface area contributed by atoms with Gasteiger partial charge in [0.05, 0.1) is 19.3 Å². The number of carbonyl (C=O) groups is 1. The summed E-state index contributed by atoms with van der Waals surface area (Å²) in [6.07, 6.45) is 5.75. The van der Waals surface area contributed by atoms with E-state index in [1.54, 1.807) is 4.52 Å². The molecule has 0 atom stereocenters. The predicted octanol–water partition coefficient (Wildman–Crippen LogP) is 4.96. The molecule has 1 N–H and O–H groups in total. The third kappa shape index (κ3) is 5.27. The van der Waals surface area contributed by atoms with Crippen LogP contribution >= 0.6 is 0 Å². The first-order valence-electron chi connectivity index (χ1n) is 12.9. The standard InChI is InChI=1S/C27H37N5O3Si/c1-27(2,3)36(4,5)35-18-19-14-21-16-22(15-19)34-13-12-31(26(33)20-6-7-20)11-9-28-24-8-10-32-25(30-24)23(21)17-29-32/h8,10,14-17,20H,6-7,9,11-13,18H2,1-5H3,(H,28,30). The number of rotatable bonds is 4. The lowest BCUT2D eigenvalue weighted by Gasteiger charge is -2.36. The van der Waals surface area contributed by atoms with E-state index in [-0.39, 0.29) is 16.9 Å². The van der Waals surface area contributed by atoms with Crippen molar-refractivity contribution in [3.05, 3.63) is 42.2 Å². The molecule has 5 rings (SSSR count). The van der Waals surface area contributed by atoms with Gasteiger partial charge in [-0.2, -0.15) is 5.10 Å². The fourth-order valence-corrected chi connectivity index (χ4v) is 5.11. The van der Waals surface area contributed by atoms with Gasteiger partial charge in [0.25, 0.3) is 0 Å². The SMILES string of the molecule is CC(C)(C)[Si](C)(C)OCc1cc2cc(c1)-c1cnn3ccc(nc13)NCCN(C(=O)C1CC1)CCO2. The van der Waals surface area contributed by atoms with Crippen LogP contribution in [0.2, 0.25) is 18.1 Å². The van der Waals surface area contributed by atoms with Gasteiger partial charge in [0.15, 0.2) is 14.0 Å². The Bertz CT molecular complexity index is 1260. The predicted molar refractivity (Wildman–Crippen MR) is 144 cm³/mol. The summed E-state index contributed by atoms with van der Waals surface area (Å²) in [5.74, 6) is 1.95. The lowest BCUT2D eigenvalue weighted by atomic mass is 10.1. The fourth-order valence-electron chi connectivity index (χ4n) is 4.15. The molecule has 9 heteroatoms. The molecule has 0 radical (unpaired) electrons. The van der Waals surface area contributed by atoms with Crippen LogP contribution in [0.4, 0.5) is 5.82 Å². The Labute approximate surface area is 214 Å². The van der Waals surface area contributed by atoms with E-state index in [1.165, 1.54) is 0 Å². The van der Waals surface area contributed by atoms with E-state index in [4.69, 9.17) is 14.1 Å². The average Bonchev–Trinajstić information content (AvgIpc) is 3.59. The van der Waals surface area contributed by atoms with Crippen LogP contribution in [-0.4, -0.2) is 60.0 Å². The van der Waals surface area contributed by atoms with E-state index in [1.807, 2.05) is 29.4 Å². The van der Waals surface area contributed by atoms with E-state index in [2.05, 4.69) is 56.4 Å². The Morgan fingerprint density at radius 1 is 1.22 bits per heavy atom. The summed E-state index contributed by atoms with van der Waals surface area (Å²) < 4.78 is 14.6. The first-order valence-corrected chi connectivity index (χ1v) is 15.8. The van der Waals surface area contributed by atoms with Gasteiger partial charge in [0.1, 0.15) is 18.2 Å². The maximum Gasteiger partial charge on any atom is 0.225 e. The van der Waals surface area contributed by atoms with Crippen LogP contribution in [0.25, 0.3) is 16.8 Å². The molecule has 192 valence electrons. The first-order chi connectivity index (χ1) is 17.1. The quantitative estimate of drug-likeness (QED) is 0.503. The first kappa shape index (κ1) is 24.8. The van der Waals surface area contributed by atoms with Crippen molar-refractivity contribution in [1.29, 1.82) is 0 Å². The van der Waals surface area contributed by atoms with Gasteiger partial charge in [-0.3, -0.25) is 4.79 Å². The van der Waals surface area contributed by atoms with Crippen molar-refractivity contribution in [1.82, 2.24) is 19.5 Å². The zero-order valence-corrected chi connectivity index (χ0v) is 23.0. The smallest absolute Gasteiger partial charge is 0.225 e.